The Balaban J connectivity index is 3.14. The molecule has 1 aromatic rings. The summed E-state index contributed by atoms with van der Waals surface area (Å²) in [5.41, 5.74) is -0.685. The molecule has 0 spiro atoms. The smallest absolute Gasteiger partial charge is 0.416 e. The first kappa shape index (κ1) is 16.2. The van der Waals surface area contributed by atoms with E-state index in [4.69, 9.17) is 5.11 Å². The van der Waals surface area contributed by atoms with Gasteiger partial charge in [-0.05, 0) is 18.6 Å². The first-order valence-corrected chi connectivity index (χ1v) is 6.00. The molecule has 1 atom stereocenters. The molecule has 0 aliphatic rings. The van der Waals surface area contributed by atoms with Crippen LogP contribution in [0.25, 0.3) is 0 Å². The lowest BCUT2D eigenvalue weighted by Crippen LogP contribution is -2.33. The van der Waals surface area contributed by atoms with E-state index in [0.717, 1.165) is 6.07 Å². The number of nitrogens with zero attached hydrogens (tertiary/aromatic N) is 1. The van der Waals surface area contributed by atoms with Crippen molar-refractivity contribution in [2.75, 3.05) is 13.1 Å². The van der Waals surface area contributed by atoms with Gasteiger partial charge in [0.1, 0.15) is 0 Å². The van der Waals surface area contributed by atoms with Gasteiger partial charge in [0.2, 0.25) is 0 Å². The predicted octanol–water partition coefficient (Wildman–Crippen LogP) is 3.34. The van der Waals surface area contributed by atoms with Crippen molar-refractivity contribution in [3.63, 3.8) is 0 Å². The zero-order chi connectivity index (χ0) is 15.3. The summed E-state index contributed by atoms with van der Waals surface area (Å²) in [6, 6.07) is 4.51. The van der Waals surface area contributed by atoms with Gasteiger partial charge in [0.25, 0.3) is 0 Å². The van der Waals surface area contributed by atoms with Crippen LogP contribution in [0.4, 0.5) is 13.2 Å². The summed E-state index contributed by atoms with van der Waals surface area (Å²) in [7, 11) is 0. The van der Waals surface area contributed by atoms with Crippen LogP contribution in [-0.4, -0.2) is 29.1 Å². The van der Waals surface area contributed by atoms with E-state index >= 15 is 0 Å². The van der Waals surface area contributed by atoms with Crippen LogP contribution < -0.4 is 0 Å². The third kappa shape index (κ3) is 4.09. The van der Waals surface area contributed by atoms with E-state index in [1.807, 2.05) is 0 Å². The van der Waals surface area contributed by atoms with Crippen LogP contribution in [0.3, 0.4) is 0 Å². The Morgan fingerprint density at radius 2 is 2.05 bits per heavy atom. The molecule has 0 heterocycles. The van der Waals surface area contributed by atoms with Gasteiger partial charge in [-0.3, -0.25) is 9.69 Å². The van der Waals surface area contributed by atoms with Gasteiger partial charge in [-0.2, -0.15) is 13.2 Å². The number of hydrogen-bond acceptors (Lipinski definition) is 2. The Kier molecular flexibility index (Phi) is 5.33. The monoisotopic (exact) mass is 287 g/mol. The van der Waals surface area contributed by atoms with E-state index in [0.29, 0.717) is 0 Å². The van der Waals surface area contributed by atoms with Crippen molar-refractivity contribution in [3.05, 3.63) is 48.0 Å². The van der Waals surface area contributed by atoms with Crippen LogP contribution in [0, 0.1) is 0 Å². The van der Waals surface area contributed by atoms with Gasteiger partial charge in [-0.15, -0.1) is 6.58 Å². The van der Waals surface area contributed by atoms with E-state index < -0.39 is 23.8 Å². The fourth-order valence-electron chi connectivity index (χ4n) is 2.02. The minimum absolute atomic E-state index is 0.0584. The van der Waals surface area contributed by atoms with Crippen LogP contribution in [0.5, 0.6) is 0 Å². The maximum Gasteiger partial charge on any atom is 0.416 e. The Bertz CT molecular complexity index is 486. The van der Waals surface area contributed by atoms with Crippen molar-refractivity contribution in [3.8, 4) is 0 Å². The van der Waals surface area contributed by atoms with Crippen molar-refractivity contribution in [2.45, 2.75) is 19.1 Å². The summed E-state index contributed by atoms with van der Waals surface area (Å²) in [5, 5.41) is 8.84. The molecule has 3 nitrogen and oxygen atoms in total. The molecule has 0 aliphatic carbocycles. The molecule has 6 heteroatoms. The second-order valence-electron chi connectivity index (χ2n) is 4.37. The number of rotatable bonds is 6. The van der Waals surface area contributed by atoms with Crippen molar-refractivity contribution in [1.29, 1.82) is 0 Å². The third-order valence-corrected chi connectivity index (χ3v) is 2.97. The van der Waals surface area contributed by atoms with Crippen LogP contribution in [-0.2, 0) is 11.0 Å². The maximum absolute atomic E-state index is 13.0. The van der Waals surface area contributed by atoms with E-state index in [-0.39, 0.29) is 18.7 Å². The minimum atomic E-state index is -4.46. The van der Waals surface area contributed by atoms with Gasteiger partial charge >= 0.3 is 12.1 Å². The second-order valence-corrected chi connectivity index (χ2v) is 4.37. The van der Waals surface area contributed by atoms with Crippen molar-refractivity contribution in [2.24, 2.45) is 0 Å². The van der Waals surface area contributed by atoms with Gasteiger partial charge in [0.05, 0.1) is 12.1 Å². The molecule has 20 heavy (non-hydrogen) atoms. The van der Waals surface area contributed by atoms with Crippen LogP contribution in [0.1, 0.15) is 24.1 Å². The lowest BCUT2D eigenvalue weighted by molar-refractivity contribution is -0.139. The van der Waals surface area contributed by atoms with E-state index in [9.17, 15) is 18.0 Å². The molecule has 1 unspecified atom stereocenters. The molecule has 110 valence electrons. The molecular weight excluding hydrogens is 271 g/mol. The molecule has 1 rings (SSSR count). The van der Waals surface area contributed by atoms with Gasteiger partial charge in [0, 0.05) is 12.6 Å². The zero-order valence-corrected chi connectivity index (χ0v) is 11.0. The quantitative estimate of drug-likeness (QED) is 0.816. The SMILES string of the molecule is C=CCN(CC(=O)O)C(C)c1ccccc1C(F)(F)F. The Morgan fingerprint density at radius 1 is 1.45 bits per heavy atom. The minimum Gasteiger partial charge on any atom is -0.480 e. The average Bonchev–Trinajstić information content (AvgIpc) is 2.36. The van der Waals surface area contributed by atoms with Gasteiger partial charge in [0.15, 0.2) is 0 Å². The fraction of sp³-hybridized carbons (Fsp3) is 0.357. The van der Waals surface area contributed by atoms with Crippen LogP contribution in [0.2, 0.25) is 0 Å². The molecule has 0 amide bonds. The topological polar surface area (TPSA) is 40.5 Å². The standard InChI is InChI=1S/C14H16F3NO2/c1-3-8-18(9-13(19)20)10(2)11-6-4-5-7-12(11)14(15,16)17/h3-7,10H,1,8-9H2,2H3,(H,19,20). The zero-order valence-electron chi connectivity index (χ0n) is 11.0. The Labute approximate surface area is 115 Å². The average molecular weight is 287 g/mol. The normalized spacial score (nSPS) is 13.2. The molecular formula is C14H16F3NO2. The van der Waals surface area contributed by atoms with Gasteiger partial charge in [-0.25, -0.2) is 0 Å². The Morgan fingerprint density at radius 3 is 2.55 bits per heavy atom. The predicted molar refractivity (Wildman–Crippen MR) is 69.3 cm³/mol. The summed E-state index contributed by atoms with van der Waals surface area (Å²) < 4.78 is 38.9. The molecule has 0 aliphatic heterocycles. The van der Waals surface area contributed by atoms with E-state index in [1.54, 1.807) is 6.92 Å². The molecule has 0 saturated heterocycles. The molecule has 0 saturated carbocycles. The van der Waals surface area contributed by atoms with Gasteiger partial charge < -0.3 is 5.11 Å². The van der Waals surface area contributed by atoms with Gasteiger partial charge in [-0.1, -0.05) is 24.3 Å². The third-order valence-electron chi connectivity index (χ3n) is 2.97. The molecule has 0 bridgehead atoms. The highest BCUT2D eigenvalue weighted by Gasteiger charge is 2.35. The molecule has 1 N–H and O–H groups in total. The number of alkyl halides is 3. The van der Waals surface area contributed by atoms with Crippen molar-refractivity contribution >= 4 is 5.97 Å². The number of carbonyl (C=O) groups is 1. The number of aliphatic carboxylic acids is 1. The number of hydrogen-bond donors (Lipinski definition) is 1. The number of halogens is 3. The summed E-state index contributed by atoms with van der Waals surface area (Å²) >= 11 is 0. The Hall–Kier alpha value is -1.82. The molecule has 0 radical (unpaired) electrons. The number of carboxylic acid groups (broad SMARTS) is 1. The summed E-state index contributed by atoms with van der Waals surface area (Å²) in [5.74, 6) is -1.09. The first-order valence-electron chi connectivity index (χ1n) is 6.00. The molecule has 1 aromatic carbocycles. The summed E-state index contributed by atoms with van der Waals surface area (Å²) in [4.78, 5) is 12.2. The second kappa shape index (κ2) is 6.56. The highest BCUT2D eigenvalue weighted by atomic mass is 19.4. The van der Waals surface area contributed by atoms with Crippen molar-refractivity contribution < 1.29 is 23.1 Å². The summed E-state index contributed by atoms with van der Waals surface area (Å²) in [6.45, 7) is 4.90. The maximum atomic E-state index is 13.0. The van der Waals surface area contributed by atoms with E-state index in [2.05, 4.69) is 6.58 Å². The lowest BCUT2D eigenvalue weighted by Gasteiger charge is -2.28. The van der Waals surface area contributed by atoms with E-state index in [1.165, 1.54) is 29.2 Å². The lowest BCUT2D eigenvalue weighted by atomic mass is 9.99. The largest absolute Gasteiger partial charge is 0.480 e. The summed E-state index contributed by atoms with van der Waals surface area (Å²) in [6.07, 6.45) is -3.00. The molecule has 0 fully saturated rings. The number of carboxylic acids is 1. The van der Waals surface area contributed by atoms with Crippen LogP contribution in [0.15, 0.2) is 36.9 Å². The van der Waals surface area contributed by atoms with Crippen LogP contribution >= 0.6 is 0 Å². The first-order chi connectivity index (χ1) is 9.27. The molecule has 0 aromatic heterocycles. The fourth-order valence-corrected chi connectivity index (χ4v) is 2.02. The highest BCUT2D eigenvalue weighted by molar-refractivity contribution is 5.69. The van der Waals surface area contributed by atoms with Crippen molar-refractivity contribution in [1.82, 2.24) is 4.90 Å². The number of benzene rings is 1. The highest BCUT2D eigenvalue weighted by Crippen LogP contribution is 2.36.